The number of anilines is 1. The maximum Gasteiger partial charge on any atom is 0.248 e. The van der Waals surface area contributed by atoms with Gasteiger partial charge in [-0.15, -0.1) is 0 Å². The fourth-order valence-corrected chi connectivity index (χ4v) is 1.42. The number of aliphatic hydroxyl groups is 1. The molecule has 17 heavy (non-hydrogen) atoms. The summed E-state index contributed by atoms with van der Waals surface area (Å²) in [6.45, 7) is 3.58. The van der Waals surface area contributed by atoms with E-state index in [2.05, 4.69) is 5.32 Å². The molecule has 0 spiro atoms. The van der Waals surface area contributed by atoms with Gasteiger partial charge in [-0.1, -0.05) is 5.57 Å². The molecule has 0 aromatic heterocycles. The van der Waals surface area contributed by atoms with E-state index < -0.39 is 0 Å². The molecule has 4 nitrogen and oxygen atoms in total. The van der Waals surface area contributed by atoms with Gasteiger partial charge in [0.1, 0.15) is 5.75 Å². The molecule has 1 amide bonds. The molecule has 4 heteroatoms. The van der Waals surface area contributed by atoms with Crippen LogP contribution < -0.4 is 10.1 Å². The molecule has 92 valence electrons. The number of hydrogen-bond donors (Lipinski definition) is 2. The zero-order chi connectivity index (χ0) is 12.8. The second-order valence-electron chi connectivity index (χ2n) is 3.90. The van der Waals surface area contributed by atoms with Gasteiger partial charge in [-0.2, -0.15) is 0 Å². The Kier molecular flexibility index (Phi) is 4.72. The Balaban J connectivity index is 2.86. The average Bonchev–Trinajstić information content (AvgIpc) is 2.27. The summed E-state index contributed by atoms with van der Waals surface area (Å²) < 4.78 is 5.08. The van der Waals surface area contributed by atoms with E-state index in [0.29, 0.717) is 17.0 Å². The number of hydrogen-bond acceptors (Lipinski definition) is 3. The number of carbonyl (C=O) groups is 1. The van der Waals surface area contributed by atoms with Crippen molar-refractivity contribution in [1.29, 1.82) is 0 Å². The first-order valence-electron chi connectivity index (χ1n) is 5.30. The van der Waals surface area contributed by atoms with Crippen LogP contribution in [0.25, 0.3) is 0 Å². The van der Waals surface area contributed by atoms with Crippen molar-refractivity contribution in [2.45, 2.75) is 20.5 Å². The molecule has 0 aliphatic heterocycles. The largest absolute Gasteiger partial charge is 0.496 e. The number of nitrogens with one attached hydrogen (secondary N) is 1. The van der Waals surface area contributed by atoms with Crippen molar-refractivity contribution in [3.63, 3.8) is 0 Å². The Morgan fingerprint density at radius 1 is 1.47 bits per heavy atom. The smallest absolute Gasteiger partial charge is 0.248 e. The van der Waals surface area contributed by atoms with Gasteiger partial charge in [0.2, 0.25) is 5.91 Å². The van der Waals surface area contributed by atoms with Gasteiger partial charge in [0.05, 0.1) is 13.7 Å². The second kappa shape index (κ2) is 6.06. The summed E-state index contributed by atoms with van der Waals surface area (Å²) in [7, 11) is 1.54. The molecule has 1 rings (SSSR count). The second-order valence-corrected chi connectivity index (χ2v) is 3.90. The standard InChI is InChI=1S/C13H17NO3/c1-9(2)6-13(16)14-11-4-5-12(17-3)10(7-11)8-15/h4-7,15H,8H2,1-3H3,(H,14,16). The van der Waals surface area contributed by atoms with E-state index in [-0.39, 0.29) is 12.5 Å². The monoisotopic (exact) mass is 235 g/mol. The first-order chi connectivity index (χ1) is 8.06. The summed E-state index contributed by atoms with van der Waals surface area (Å²) in [5.41, 5.74) is 2.21. The van der Waals surface area contributed by atoms with Gasteiger partial charge in [0, 0.05) is 17.3 Å². The Hall–Kier alpha value is -1.81. The van der Waals surface area contributed by atoms with Crippen molar-refractivity contribution in [2.24, 2.45) is 0 Å². The van der Waals surface area contributed by atoms with Crippen LogP contribution in [0.15, 0.2) is 29.8 Å². The van der Waals surface area contributed by atoms with Crippen molar-refractivity contribution in [2.75, 3.05) is 12.4 Å². The lowest BCUT2D eigenvalue weighted by Gasteiger charge is -2.09. The van der Waals surface area contributed by atoms with Crippen LogP contribution in [0.1, 0.15) is 19.4 Å². The number of amides is 1. The molecular formula is C13H17NO3. The SMILES string of the molecule is COc1ccc(NC(=O)C=C(C)C)cc1CO. The predicted molar refractivity (Wildman–Crippen MR) is 67.0 cm³/mol. The number of allylic oxidation sites excluding steroid dienone is 1. The third-order valence-electron chi connectivity index (χ3n) is 2.14. The lowest BCUT2D eigenvalue weighted by Crippen LogP contribution is -2.08. The van der Waals surface area contributed by atoms with Crippen molar-refractivity contribution in [3.8, 4) is 5.75 Å². The molecule has 0 aliphatic rings. The van der Waals surface area contributed by atoms with E-state index in [1.54, 1.807) is 18.2 Å². The first-order valence-corrected chi connectivity index (χ1v) is 5.30. The van der Waals surface area contributed by atoms with Crippen LogP contribution in [-0.2, 0) is 11.4 Å². The summed E-state index contributed by atoms with van der Waals surface area (Å²) in [6, 6.07) is 5.13. The molecule has 0 heterocycles. The zero-order valence-electron chi connectivity index (χ0n) is 10.3. The van der Waals surface area contributed by atoms with Gasteiger partial charge >= 0.3 is 0 Å². The lowest BCUT2D eigenvalue weighted by molar-refractivity contribution is -0.111. The minimum atomic E-state index is -0.181. The topological polar surface area (TPSA) is 58.6 Å². The normalized spacial score (nSPS) is 9.65. The van der Waals surface area contributed by atoms with Crippen LogP contribution in [0.3, 0.4) is 0 Å². The van der Waals surface area contributed by atoms with Gasteiger partial charge < -0.3 is 15.2 Å². The molecular weight excluding hydrogens is 218 g/mol. The summed E-state index contributed by atoms with van der Waals surface area (Å²) in [6.07, 6.45) is 1.52. The molecule has 2 N–H and O–H groups in total. The van der Waals surface area contributed by atoms with Crippen LogP contribution in [0.4, 0.5) is 5.69 Å². The number of ether oxygens (including phenoxy) is 1. The fraction of sp³-hybridized carbons (Fsp3) is 0.308. The summed E-state index contributed by atoms with van der Waals surface area (Å²) >= 11 is 0. The highest BCUT2D eigenvalue weighted by Gasteiger charge is 2.04. The Morgan fingerprint density at radius 2 is 2.18 bits per heavy atom. The highest BCUT2D eigenvalue weighted by atomic mass is 16.5. The molecule has 0 atom stereocenters. The van der Waals surface area contributed by atoms with E-state index in [0.717, 1.165) is 5.57 Å². The molecule has 0 saturated carbocycles. The summed E-state index contributed by atoms with van der Waals surface area (Å²) in [5, 5.41) is 11.9. The first kappa shape index (κ1) is 13.3. The highest BCUT2D eigenvalue weighted by molar-refractivity contribution is 5.99. The van der Waals surface area contributed by atoms with E-state index in [9.17, 15) is 4.79 Å². The third-order valence-corrected chi connectivity index (χ3v) is 2.14. The Morgan fingerprint density at radius 3 is 2.71 bits per heavy atom. The fourth-order valence-electron chi connectivity index (χ4n) is 1.42. The van der Waals surface area contributed by atoms with E-state index >= 15 is 0 Å². The predicted octanol–water partition coefficient (Wildman–Crippen LogP) is 2.09. The number of carbonyl (C=O) groups excluding carboxylic acids is 1. The Bertz CT molecular complexity index is 434. The zero-order valence-corrected chi connectivity index (χ0v) is 10.3. The maximum atomic E-state index is 11.5. The third kappa shape index (κ3) is 3.92. The molecule has 0 bridgehead atoms. The van der Waals surface area contributed by atoms with Gasteiger partial charge in [0.15, 0.2) is 0 Å². The summed E-state index contributed by atoms with van der Waals surface area (Å²) in [5.74, 6) is 0.423. The van der Waals surface area contributed by atoms with Gasteiger partial charge in [-0.3, -0.25) is 4.79 Å². The molecule has 1 aromatic carbocycles. The Labute approximate surface area is 101 Å². The van der Waals surface area contributed by atoms with E-state index in [4.69, 9.17) is 9.84 Å². The van der Waals surface area contributed by atoms with Crippen molar-refractivity contribution < 1.29 is 14.6 Å². The molecule has 0 unspecified atom stereocenters. The number of aliphatic hydroxyl groups excluding tert-OH is 1. The van der Waals surface area contributed by atoms with Gasteiger partial charge in [-0.25, -0.2) is 0 Å². The number of benzene rings is 1. The molecule has 0 saturated heterocycles. The molecule has 0 radical (unpaired) electrons. The van der Waals surface area contributed by atoms with Crippen LogP contribution in [-0.4, -0.2) is 18.1 Å². The van der Waals surface area contributed by atoms with Crippen LogP contribution in [0.5, 0.6) is 5.75 Å². The highest BCUT2D eigenvalue weighted by Crippen LogP contribution is 2.22. The van der Waals surface area contributed by atoms with Crippen LogP contribution in [0, 0.1) is 0 Å². The minimum Gasteiger partial charge on any atom is -0.496 e. The van der Waals surface area contributed by atoms with E-state index in [1.807, 2.05) is 13.8 Å². The van der Waals surface area contributed by atoms with Gasteiger partial charge in [0.25, 0.3) is 0 Å². The van der Waals surface area contributed by atoms with Gasteiger partial charge in [-0.05, 0) is 32.0 Å². The molecule has 0 fully saturated rings. The minimum absolute atomic E-state index is 0.129. The molecule has 1 aromatic rings. The quantitative estimate of drug-likeness (QED) is 0.786. The maximum absolute atomic E-state index is 11.5. The average molecular weight is 235 g/mol. The van der Waals surface area contributed by atoms with Crippen molar-refractivity contribution in [1.82, 2.24) is 0 Å². The number of rotatable bonds is 4. The lowest BCUT2D eigenvalue weighted by atomic mass is 10.2. The summed E-state index contributed by atoms with van der Waals surface area (Å²) in [4.78, 5) is 11.5. The van der Waals surface area contributed by atoms with Crippen LogP contribution in [0.2, 0.25) is 0 Å². The number of methoxy groups -OCH3 is 1. The van der Waals surface area contributed by atoms with Crippen molar-refractivity contribution >= 4 is 11.6 Å². The molecule has 0 aliphatic carbocycles. The van der Waals surface area contributed by atoms with Crippen molar-refractivity contribution in [3.05, 3.63) is 35.4 Å². The van der Waals surface area contributed by atoms with E-state index in [1.165, 1.54) is 13.2 Å². The van der Waals surface area contributed by atoms with Crippen LogP contribution >= 0.6 is 0 Å².